The largest absolute Gasteiger partial charge is 0.497 e. The number of nitrogens with two attached hydrogens (primary N) is 1. The van der Waals surface area contributed by atoms with Gasteiger partial charge in [0.15, 0.2) is 5.96 Å². The Bertz CT molecular complexity index is 667. The minimum Gasteiger partial charge on any atom is -0.497 e. The first-order chi connectivity index (χ1) is 11.0. The molecule has 0 saturated carbocycles. The summed E-state index contributed by atoms with van der Waals surface area (Å²) in [7, 11) is 1.65. The Kier molecular flexibility index (Phi) is 5.63. The average Bonchev–Trinajstić information content (AvgIpc) is 2.50. The first-order valence-electron chi connectivity index (χ1n) is 7.77. The molecule has 4 nitrogen and oxygen atoms in total. The summed E-state index contributed by atoms with van der Waals surface area (Å²) in [6.07, 6.45) is 0.892. The van der Waals surface area contributed by atoms with Crippen molar-refractivity contribution in [1.29, 1.82) is 0 Å². The maximum atomic E-state index is 5.95. The maximum absolute atomic E-state index is 5.95. The lowest BCUT2D eigenvalue weighted by molar-refractivity contribution is 0.415. The molecule has 0 atom stereocenters. The highest BCUT2D eigenvalue weighted by Gasteiger charge is 2.03. The topological polar surface area (TPSA) is 59.6 Å². The third-order valence-electron chi connectivity index (χ3n) is 3.85. The van der Waals surface area contributed by atoms with E-state index < -0.39 is 0 Å². The normalized spacial score (nSPS) is 11.4. The molecule has 0 radical (unpaired) electrons. The molecule has 122 valence electrons. The number of hydrogen-bond acceptors (Lipinski definition) is 2. The summed E-state index contributed by atoms with van der Waals surface area (Å²) >= 11 is 0. The number of nitrogens with zero attached hydrogens (tertiary/aromatic N) is 1. The molecule has 0 fully saturated rings. The van der Waals surface area contributed by atoms with Gasteiger partial charge in [-0.2, -0.15) is 0 Å². The summed E-state index contributed by atoms with van der Waals surface area (Å²) in [4.78, 5) is 4.41. The molecule has 3 N–H and O–H groups in total. The fourth-order valence-corrected chi connectivity index (χ4v) is 2.75. The van der Waals surface area contributed by atoms with Gasteiger partial charge in [-0.25, -0.2) is 0 Å². The fourth-order valence-electron chi connectivity index (χ4n) is 2.75. The van der Waals surface area contributed by atoms with Crippen LogP contribution in [-0.2, 0) is 6.42 Å². The minimum absolute atomic E-state index is 0.428. The zero-order chi connectivity index (χ0) is 16.8. The van der Waals surface area contributed by atoms with Gasteiger partial charge < -0.3 is 15.8 Å². The van der Waals surface area contributed by atoms with Gasteiger partial charge in [-0.3, -0.25) is 4.99 Å². The van der Waals surface area contributed by atoms with Crippen molar-refractivity contribution in [3.63, 3.8) is 0 Å². The molecular weight excluding hydrogens is 286 g/mol. The lowest BCUT2D eigenvalue weighted by atomic mass is 9.97. The second-order valence-corrected chi connectivity index (χ2v) is 5.75. The minimum atomic E-state index is 0.428. The number of anilines is 1. The van der Waals surface area contributed by atoms with Crippen LogP contribution >= 0.6 is 0 Å². The van der Waals surface area contributed by atoms with Gasteiger partial charge in [0.1, 0.15) is 5.75 Å². The molecule has 0 heterocycles. The van der Waals surface area contributed by atoms with Crippen LogP contribution in [0.5, 0.6) is 5.75 Å². The van der Waals surface area contributed by atoms with Crippen LogP contribution in [0, 0.1) is 20.8 Å². The van der Waals surface area contributed by atoms with Gasteiger partial charge in [-0.1, -0.05) is 17.7 Å². The number of ether oxygens (including phenoxy) is 1. The van der Waals surface area contributed by atoms with Crippen molar-refractivity contribution in [3.8, 4) is 5.75 Å². The van der Waals surface area contributed by atoms with Crippen molar-refractivity contribution in [2.45, 2.75) is 27.2 Å². The molecule has 0 bridgehead atoms. The average molecular weight is 311 g/mol. The van der Waals surface area contributed by atoms with E-state index >= 15 is 0 Å². The third kappa shape index (κ3) is 4.74. The fraction of sp³-hybridized carbons (Fsp3) is 0.316. The van der Waals surface area contributed by atoms with Crippen LogP contribution in [0.3, 0.4) is 0 Å². The molecule has 0 aromatic heterocycles. The van der Waals surface area contributed by atoms with Crippen LogP contribution in [0.15, 0.2) is 41.4 Å². The quantitative estimate of drug-likeness (QED) is 0.655. The Hall–Kier alpha value is -2.49. The predicted molar refractivity (Wildman–Crippen MR) is 97.5 cm³/mol. The van der Waals surface area contributed by atoms with Crippen molar-refractivity contribution in [3.05, 3.63) is 58.7 Å². The van der Waals surface area contributed by atoms with Crippen molar-refractivity contribution >= 4 is 11.6 Å². The number of methoxy groups -OCH3 is 1. The van der Waals surface area contributed by atoms with E-state index in [1.54, 1.807) is 7.11 Å². The Morgan fingerprint density at radius 1 is 1.09 bits per heavy atom. The number of aliphatic imine (C=N–C) groups is 1. The molecular formula is C19H25N3O. The van der Waals surface area contributed by atoms with E-state index in [1.165, 1.54) is 22.3 Å². The number of nitrogens with one attached hydrogen (secondary N) is 1. The molecule has 0 aliphatic carbocycles. The summed E-state index contributed by atoms with van der Waals surface area (Å²) in [5.41, 5.74) is 12.1. The third-order valence-corrected chi connectivity index (χ3v) is 3.85. The molecule has 2 aromatic carbocycles. The molecule has 23 heavy (non-hydrogen) atoms. The highest BCUT2D eigenvalue weighted by molar-refractivity contribution is 5.92. The van der Waals surface area contributed by atoms with Crippen molar-refractivity contribution in [1.82, 2.24) is 0 Å². The van der Waals surface area contributed by atoms with Crippen LogP contribution in [0.1, 0.15) is 22.3 Å². The van der Waals surface area contributed by atoms with Crippen LogP contribution < -0.4 is 15.8 Å². The number of benzene rings is 2. The number of aryl methyl sites for hydroxylation is 3. The summed E-state index contributed by atoms with van der Waals surface area (Å²) in [5.74, 6) is 1.24. The van der Waals surface area contributed by atoms with Crippen LogP contribution in [-0.4, -0.2) is 19.6 Å². The zero-order valence-electron chi connectivity index (χ0n) is 14.3. The van der Waals surface area contributed by atoms with Crippen molar-refractivity contribution < 1.29 is 4.74 Å². The Labute approximate surface area is 138 Å². The van der Waals surface area contributed by atoms with E-state index in [1.807, 2.05) is 24.3 Å². The molecule has 0 saturated heterocycles. The second kappa shape index (κ2) is 7.68. The Morgan fingerprint density at radius 3 is 2.26 bits per heavy atom. The van der Waals surface area contributed by atoms with E-state index in [0.29, 0.717) is 12.5 Å². The molecule has 2 aromatic rings. The molecule has 0 unspecified atom stereocenters. The van der Waals surface area contributed by atoms with E-state index in [0.717, 1.165) is 17.9 Å². The van der Waals surface area contributed by atoms with Crippen molar-refractivity contribution in [2.75, 3.05) is 19.0 Å². The highest BCUT2D eigenvalue weighted by Crippen LogP contribution is 2.17. The molecule has 0 amide bonds. The van der Waals surface area contributed by atoms with Crippen LogP contribution in [0.25, 0.3) is 0 Å². The number of hydrogen-bond donors (Lipinski definition) is 2. The monoisotopic (exact) mass is 311 g/mol. The smallest absolute Gasteiger partial charge is 0.193 e. The summed E-state index contributed by atoms with van der Waals surface area (Å²) in [6, 6.07) is 12.0. The molecule has 2 rings (SSSR count). The van der Waals surface area contributed by atoms with Gasteiger partial charge in [0.2, 0.25) is 0 Å². The zero-order valence-corrected chi connectivity index (χ0v) is 14.3. The van der Waals surface area contributed by atoms with E-state index in [-0.39, 0.29) is 0 Å². The highest BCUT2D eigenvalue weighted by atomic mass is 16.5. The van der Waals surface area contributed by atoms with Crippen LogP contribution in [0.4, 0.5) is 5.69 Å². The molecule has 0 spiro atoms. The van der Waals surface area contributed by atoms with Crippen molar-refractivity contribution in [2.24, 2.45) is 10.7 Å². The van der Waals surface area contributed by atoms with Crippen LogP contribution in [0.2, 0.25) is 0 Å². The Balaban J connectivity index is 1.94. The molecule has 0 aliphatic rings. The maximum Gasteiger partial charge on any atom is 0.193 e. The summed E-state index contributed by atoms with van der Waals surface area (Å²) in [5, 5.41) is 3.09. The van der Waals surface area contributed by atoms with Gasteiger partial charge >= 0.3 is 0 Å². The first kappa shape index (κ1) is 16.9. The molecule has 4 heteroatoms. The summed E-state index contributed by atoms with van der Waals surface area (Å²) < 4.78 is 5.13. The first-order valence-corrected chi connectivity index (χ1v) is 7.77. The van der Waals surface area contributed by atoms with E-state index in [9.17, 15) is 0 Å². The SMILES string of the molecule is COc1ccc(NC(N)=NCCc2c(C)cc(C)cc2C)cc1. The lowest BCUT2D eigenvalue weighted by Crippen LogP contribution is -2.23. The summed E-state index contributed by atoms with van der Waals surface area (Å²) in [6.45, 7) is 7.09. The second-order valence-electron chi connectivity index (χ2n) is 5.75. The van der Waals surface area contributed by atoms with Gasteiger partial charge in [0, 0.05) is 12.2 Å². The molecule has 0 aliphatic heterocycles. The van der Waals surface area contributed by atoms with E-state index in [2.05, 4.69) is 43.2 Å². The number of guanidine groups is 1. The Morgan fingerprint density at radius 2 is 1.70 bits per heavy atom. The lowest BCUT2D eigenvalue weighted by Gasteiger charge is -2.11. The predicted octanol–water partition coefficient (Wildman–Crippen LogP) is 3.59. The van der Waals surface area contributed by atoms with Gasteiger partial charge in [-0.15, -0.1) is 0 Å². The van der Waals surface area contributed by atoms with Gasteiger partial charge in [0.25, 0.3) is 0 Å². The van der Waals surface area contributed by atoms with Gasteiger partial charge in [-0.05, 0) is 68.1 Å². The van der Waals surface area contributed by atoms with E-state index in [4.69, 9.17) is 10.5 Å². The standard InChI is InChI=1S/C19H25N3O/c1-13-11-14(2)18(15(3)12-13)9-10-21-19(20)22-16-5-7-17(23-4)8-6-16/h5-8,11-12H,9-10H2,1-4H3,(H3,20,21,22). The van der Waals surface area contributed by atoms with Gasteiger partial charge in [0.05, 0.1) is 7.11 Å². The number of rotatable bonds is 5.